The fourth-order valence-electron chi connectivity index (χ4n) is 1.98. The maximum atomic E-state index is 4.66. The summed E-state index contributed by atoms with van der Waals surface area (Å²) in [6.45, 7) is 0. The van der Waals surface area contributed by atoms with Crippen molar-refractivity contribution in [2.45, 2.75) is 9.79 Å². The minimum Gasteiger partial charge on any atom is -0.255 e. The molecule has 0 spiro atoms. The molecule has 3 aromatic rings. The number of hydrogen-bond donors (Lipinski definition) is 0. The van der Waals surface area contributed by atoms with Crippen LogP contribution in [0.3, 0.4) is 0 Å². The Morgan fingerprint density at radius 1 is 0.773 bits per heavy atom. The first-order chi connectivity index (χ1) is 10.8. The fraction of sp³-hybridized carbons (Fsp3) is 0. The summed E-state index contributed by atoms with van der Waals surface area (Å²) in [6.07, 6.45) is 1.90. The second-order valence-corrected chi connectivity index (χ2v) is 6.63. The van der Waals surface area contributed by atoms with Gasteiger partial charge in [0.2, 0.25) is 0 Å². The van der Waals surface area contributed by atoms with Gasteiger partial charge in [-0.05, 0) is 30.3 Å². The zero-order chi connectivity index (χ0) is 15.2. The Balaban J connectivity index is 1.87. The summed E-state index contributed by atoms with van der Waals surface area (Å²) in [6, 6.07) is 26.6. The van der Waals surface area contributed by atoms with Gasteiger partial charge in [-0.3, -0.25) is 4.99 Å². The average molecular weight is 368 g/mol. The van der Waals surface area contributed by atoms with Crippen molar-refractivity contribution in [3.63, 3.8) is 0 Å². The molecule has 1 nitrogen and oxygen atoms in total. The quantitative estimate of drug-likeness (QED) is 0.489. The van der Waals surface area contributed by atoms with Gasteiger partial charge in [0.1, 0.15) is 0 Å². The molecule has 0 atom stereocenters. The Labute approximate surface area is 143 Å². The van der Waals surface area contributed by atoms with Crippen molar-refractivity contribution in [3.8, 4) is 0 Å². The molecule has 3 aromatic carbocycles. The standard InChI is InChI=1S/C19H14BrNS/c20-17-11-5-4-8-15(17)14-21-18-12-6-7-13-19(18)22-16-9-2-1-3-10-16/h1-14H. The minimum atomic E-state index is 0.979. The molecule has 0 aliphatic rings. The molecule has 0 saturated carbocycles. The summed E-state index contributed by atoms with van der Waals surface area (Å²) in [5, 5.41) is 0. The van der Waals surface area contributed by atoms with Crippen molar-refractivity contribution in [1.29, 1.82) is 0 Å². The summed E-state index contributed by atoms with van der Waals surface area (Å²) in [5.74, 6) is 0. The monoisotopic (exact) mass is 367 g/mol. The molecule has 0 heterocycles. The maximum Gasteiger partial charge on any atom is 0.0769 e. The second kappa shape index (κ2) is 7.43. The summed E-state index contributed by atoms with van der Waals surface area (Å²) >= 11 is 5.27. The lowest BCUT2D eigenvalue weighted by Crippen LogP contribution is -1.82. The van der Waals surface area contributed by atoms with Gasteiger partial charge in [0.15, 0.2) is 0 Å². The first kappa shape index (κ1) is 15.1. The minimum absolute atomic E-state index is 0.979. The summed E-state index contributed by atoms with van der Waals surface area (Å²) in [4.78, 5) is 7.02. The fourth-order valence-corrected chi connectivity index (χ4v) is 3.29. The lowest BCUT2D eigenvalue weighted by atomic mass is 10.2. The third-order valence-corrected chi connectivity index (χ3v) is 4.88. The normalized spacial score (nSPS) is 11.0. The van der Waals surface area contributed by atoms with E-state index in [4.69, 9.17) is 0 Å². The Morgan fingerprint density at radius 3 is 2.27 bits per heavy atom. The first-order valence-electron chi connectivity index (χ1n) is 6.93. The van der Waals surface area contributed by atoms with Gasteiger partial charge in [0.05, 0.1) is 5.69 Å². The van der Waals surface area contributed by atoms with Crippen molar-refractivity contribution < 1.29 is 0 Å². The number of benzene rings is 3. The van der Waals surface area contributed by atoms with Crippen LogP contribution in [0.25, 0.3) is 0 Å². The Morgan fingerprint density at radius 2 is 1.45 bits per heavy atom. The van der Waals surface area contributed by atoms with Crippen molar-refractivity contribution in [3.05, 3.63) is 88.9 Å². The van der Waals surface area contributed by atoms with Crippen LogP contribution >= 0.6 is 27.7 Å². The molecule has 0 amide bonds. The van der Waals surface area contributed by atoms with Gasteiger partial charge in [-0.15, -0.1) is 0 Å². The van der Waals surface area contributed by atoms with Crippen LogP contribution in [0.5, 0.6) is 0 Å². The first-order valence-corrected chi connectivity index (χ1v) is 8.54. The molecule has 3 rings (SSSR count). The third-order valence-electron chi connectivity index (χ3n) is 3.08. The Bertz CT molecular complexity index is 784. The third kappa shape index (κ3) is 3.87. The van der Waals surface area contributed by atoms with Gasteiger partial charge in [0.25, 0.3) is 0 Å². The molecule has 22 heavy (non-hydrogen) atoms. The molecule has 0 aromatic heterocycles. The van der Waals surface area contributed by atoms with Crippen molar-refractivity contribution in [2.24, 2.45) is 4.99 Å². The molecule has 0 N–H and O–H groups in total. The molecular formula is C19H14BrNS. The van der Waals surface area contributed by atoms with Gasteiger partial charge in [-0.2, -0.15) is 0 Å². The lowest BCUT2D eigenvalue weighted by Gasteiger charge is -2.05. The number of aliphatic imine (C=N–C) groups is 1. The van der Waals surface area contributed by atoms with Crippen molar-refractivity contribution in [2.75, 3.05) is 0 Å². The van der Waals surface area contributed by atoms with Gasteiger partial charge in [-0.25, -0.2) is 0 Å². The summed E-state index contributed by atoms with van der Waals surface area (Å²) < 4.78 is 1.05. The smallest absolute Gasteiger partial charge is 0.0769 e. The molecular weight excluding hydrogens is 354 g/mol. The predicted octanol–water partition coefficient (Wildman–Crippen LogP) is 6.35. The lowest BCUT2D eigenvalue weighted by molar-refractivity contribution is 1.36. The molecule has 0 fully saturated rings. The van der Waals surface area contributed by atoms with E-state index in [1.54, 1.807) is 11.8 Å². The highest BCUT2D eigenvalue weighted by Crippen LogP contribution is 2.34. The molecule has 0 unspecified atom stereocenters. The van der Waals surface area contributed by atoms with E-state index >= 15 is 0 Å². The molecule has 0 aliphatic heterocycles. The topological polar surface area (TPSA) is 12.4 Å². The van der Waals surface area contributed by atoms with Gasteiger partial charge in [-0.1, -0.05) is 76.2 Å². The maximum absolute atomic E-state index is 4.66. The number of rotatable bonds is 4. The highest BCUT2D eigenvalue weighted by atomic mass is 79.9. The van der Waals surface area contributed by atoms with E-state index in [0.29, 0.717) is 0 Å². The van der Waals surface area contributed by atoms with Crippen molar-refractivity contribution >= 4 is 39.6 Å². The van der Waals surface area contributed by atoms with Crippen molar-refractivity contribution in [1.82, 2.24) is 0 Å². The molecule has 0 bridgehead atoms. The number of nitrogens with zero attached hydrogens (tertiary/aromatic N) is 1. The van der Waals surface area contributed by atoms with Crippen LogP contribution in [0.4, 0.5) is 5.69 Å². The Kier molecular flexibility index (Phi) is 5.09. The molecule has 108 valence electrons. The van der Waals surface area contributed by atoms with Crippen LogP contribution in [0.15, 0.2) is 98.1 Å². The van der Waals surface area contributed by atoms with E-state index in [9.17, 15) is 0 Å². The van der Waals surface area contributed by atoms with Crippen LogP contribution in [-0.4, -0.2) is 6.21 Å². The van der Waals surface area contributed by atoms with E-state index < -0.39 is 0 Å². The number of hydrogen-bond acceptors (Lipinski definition) is 2. The van der Waals surface area contributed by atoms with Crippen LogP contribution < -0.4 is 0 Å². The summed E-state index contributed by atoms with van der Waals surface area (Å²) in [7, 11) is 0. The van der Waals surface area contributed by atoms with Crippen LogP contribution in [0.2, 0.25) is 0 Å². The zero-order valence-electron chi connectivity index (χ0n) is 11.8. The van der Waals surface area contributed by atoms with E-state index in [1.165, 1.54) is 4.90 Å². The largest absolute Gasteiger partial charge is 0.255 e. The van der Waals surface area contributed by atoms with E-state index in [2.05, 4.69) is 51.3 Å². The average Bonchev–Trinajstić information content (AvgIpc) is 2.56. The molecule has 3 heteroatoms. The Hall–Kier alpha value is -1.84. The van der Waals surface area contributed by atoms with Gasteiger partial charge in [0, 0.05) is 26.0 Å². The second-order valence-electron chi connectivity index (χ2n) is 4.66. The van der Waals surface area contributed by atoms with E-state index in [-0.39, 0.29) is 0 Å². The van der Waals surface area contributed by atoms with Crippen LogP contribution in [0.1, 0.15) is 5.56 Å². The van der Waals surface area contributed by atoms with Gasteiger partial charge < -0.3 is 0 Å². The highest BCUT2D eigenvalue weighted by molar-refractivity contribution is 9.10. The predicted molar refractivity (Wildman–Crippen MR) is 98.4 cm³/mol. The summed E-state index contributed by atoms with van der Waals surface area (Å²) in [5.41, 5.74) is 2.05. The molecule has 0 saturated heterocycles. The SMILES string of the molecule is Brc1ccccc1C=Nc1ccccc1Sc1ccccc1. The molecule has 0 aliphatic carbocycles. The number of para-hydroxylation sites is 1. The van der Waals surface area contributed by atoms with Crippen LogP contribution in [-0.2, 0) is 0 Å². The number of halogens is 1. The van der Waals surface area contributed by atoms with Crippen LogP contribution in [0, 0.1) is 0 Å². The van der Waals surface area contributed by atoms with E-state index in [0.717, 1.165) is 20.6 Å². The van der Waals surface area contributed by atoms with E-state index in [1.807, 2.05) is 54.7 Å². The molecule has 0 radical (unpaired) electrons. The zero-order valence-corrected chi connectivity index (χ0v) is 14.2. The highest BCUT2D eigenvalue weighted by Gasteiger charge is 2.02. The van der Waals surface area contributed by atoms with Gasteiger partial charge >= 0.3 is 0 Å².